The van der Waals surface area contributed by atoms with Crippen molar-refractivity contribution in [2.75, 3.05) is 20.1 Å². The van der Waals surface area contributed by atoms with E-state index >= 15 is 0 Å². The molecule has 1 aromatic heterocycles. The lowest BCUT2D eigenvalue weighted by molar-refractivity contribution is 0.299. The Hall–Kier alpha value is -1.32. The number of para-hydroxylation sites is 1. The van der Waals surface area contributed by atoms with Gasteiger partial charge in [-0.2, -0.15) is 0 Å². The SMILES string of the molecule is CNC(c1c[nH]c2ccccc12)C1CCCNC1. The van der Waals surface area contributed by atoms with Gasteiger partial charge in [0.1, 0.15) is 0 Å². The normalized spacial score (nSPS) is 22.2. The maximum absolute atomic E-state index is 3.51. The molecule has 1 aromatic carbocycles. The largest absolute Gasteiger partial charge is 0.361 e. The molecule has 3 rings (SSSR count). The summed E-state index contributed by atoms with van der Waals surface area (Å²) in [7, 11) is 2.07. The fraction of sp³-hybridized carbons (Fsp3) is 0.467. The third-order valence-electron chi connectivity index (χ3n) is 4.07. The van der Waals surface area contributed by atoms with Crippen molar-refractivity contribution in [2.45, 2.75) is 18.9 Å². The molecule has 1 aliphatic rings. The molecule has 0 amide bonds. The van der Waals surface area contributed by atoms with Gasteiger partial charge in [-0.3, -0.25) is 0 Å². The Balaban J connectivity index is 1.95. The third-order valence-corrected chi connectivity index (χ3v) is 4.07. The van der Waals surface area contributed by atoms with Gasteiger partial charge in [0.15, 0.2) is 0 Å². The van der Waals surface area contributed by atoms with Crippen LogP contribution >= 0.6 is 0 Å². The average molecular weight is 243 g/mol. The number of aromatic amines is 1. The molecule has 96 valence electrons. The molecule has 0 bridgehead atoms. The number of hydrogen-bond donors (Lipinski definition) is 3. The van der Waals surface area contributed by atoms with Crippen LogP contribution in [0.15, 0.2) is 30.5 Å². The first-order valence-corrected chi connectivity index (χ1v) is 6.84. The number of piperidine rings is 1. The molecule has 1 fully saturated rings. The van der Waals surface area contributed by atoms with E-state index in [0.29, 0.717) is 12.0 Å². The van der Waals surface area contributed by atoms with E-state index in [1.807, 2.05) is 0 Å². The molecular formula is C15H21N3. The number of nitrogens with one attached hydrogen (secondary N) is 3. The maximum atomic E-state index is 3.51. The Kier molecular flexibility index (Phi) is 3.35. The third kappa shape index (κ3) is 2.04. The molecule has 3 heteroatoms. The van der Waals surface area contributed by atoms with Crippen molar-refractivity contribution in [3.05, 3.63) is 36.0 Å². The minimum atomic E-state index is 0.439. The van der Waals surface area contributed by atoms with E-state index in [1.54, 1.807) is 0 Å². The molecule has 2 unspecified atom stereocenters. The summed E-state index contributed by atoms with van der Waals surface area (Å²) >= 11 is 0. The molecule has 3 nitrogen and oxygen atoms in total. The van der Waals surface area contributed by atoms with Crippen molar-refractivity contribution in [3.63, 3.8) is 0 Å². The highest BCUT2D eigenvalue weighted by atomic mass is 14.9. The van der Waals surface area contributed by atoms with Crippen LogP contribution in [-0.2, 0) is 0 Å². The van der Waals surface area contributed by atoms with Crippen LogP contribution in [0.4, 0.5) is 0 Å². The summed E-state index contributed by atoms with van der Waals surface area (Å²) < 4.78 is 0. The highest BCUT2D eigenvalue weighted by Crippen LogP contribution is 2.31. The Morgan fingerprint density at radius 3 is 3.00 bits per heavy atom. The Bertz CT molecular complexity index is 511. The molecule has 0 saturated carbocycles. The van der Waals surface area contributed by atoms with Gasteiger partial charge >= 0.3 is 0 Å². The fourth-order valence-electron chi connectivity index (χ4n) is 3.16. The van der Waals surface area contributed by atoms with E-state index < -0.39 is 0 Å². The van der Waals surface area contributed by atoms with Crippen LogP contribution in [0.1, 0.15) is 24.4 Å². The van der Waals surface area contributed by atoms with E-state index in [9.17, 15) is 0 Å². The molecular weight excluding hydrogens is 222 g/mol. The van der Waals surface area contributed by atoms with Gasteiger partial charge in [0, 0.05) is 23.1 Å². The average Bonchev–Trinajstić information content (AvgIpc) is 2.85. The van der Waals surface area contributed by atoms with E-state index in [0.717, 1.165) is 6.54 Å². The van der Waals surface area contributed by atoms with Crippen LogP contribution in [0.5, 0.6) is 0 Å². The van der Waals surface area contributed by atoms with Crippen molar-refractivity contribution < 1.29 is 0 Å². The second-order valence-corrected chi connectivity index (χ2v) is 5.16. The zero-order valence-electron chi connectivity index (χ0n) is 10.9. The predicted octanol–water partition coefficient (Wildman–Crippen LogP) is 2.43. The monoisotopic (exact) mass is 243 g/mol. The Morgan fingerprint density at radius 1 is 1.33 bits per heavy atom. The van der Waals surface area contributed by atoms with Gasteiger partial charge in [-0.15, -0.1) is 0 Å². The molecule has 2 heterocycles. The number of H-pyrrole nitrogens is 1. The second-order valence-electron chi connectivity index (χ2n) is 5.16. The minimum Gasteiger partial charge on any atom is -0.361 e. The van der Waals surface area contributed by atoms with E-state index in [-0.39, 0.29) is 0 Å². The summed E-state index contributed by atoms with van der Waals surface area (Å²) in [5.74, 6) is 0.683. The highest BCUT2D eigenvalue weighted by Gasteiger charge is 2.25. The first-order chi connectivity index (χ1) is 8.90. The summed E-state index contributed by atoms with van der Waals surface area (Å²) in [4.78, 5) is 3.38. The predicted molar refractivity (Wildman–Crippen MR) is 75.7 cm³/mol. The zero-order valence-corrected chi connectivity index (χ0v) is 10.9. The Labute approximate surface area is 108 Å². The summed E-state index contributed by atoms with van der Waals surface area (Å²) in [5.41, 5.74) is 2.64. The zero-order chi connectivity index (χ0) is 12.4. The number of fused-ring (bicyclic) bond motifs is 1. The number of rotatable bonds is 3. The maximum Gasteiger partial charge on any atom is 0.0457 e. The van der Waals surface area contributed by atoms with Gasteiger partial charge in [0.2, 0.25) is 0 Å². The van der Waals surface area contributed by atoms with E-state index in [4.69, 9.17) is 0 Å². The first kappa shape index (κ1) is 11.8. The number of hydrogen-bond acceptors (Lipinski definition) is 2. The quantitative estimate of drug-likeness (QED) is 0.775. The fourth-order valence-corrected chi connectivity index (χ4v) is 3.16. The van der Waals surface area contributed by atoms with Crippen LogP contribution in [0.3, 0.4) is 0 Å². The second kappa shape index (κ2) is 5.12. The lowest BCUT2D eigenvalue weighted by atomic mass is 9.87. The smallest absolute Gasteiger partial charge is 0.0457 e. The summed E-state index contributed by atoms with van der Waals surface area (Å²) in [6, 6.07) is 8.99. The summed E-state index contributed by atoms with van der Waals surface area (Å²) in [6.45, 7) is 2.28. The molecule has 1 saturated heterocycles. The van der Waals surface area contributed by atoms with Gasteiger partial charge in [0.25, 0.3) is 0 Å². The van der Waals surface area contributed by atoms with Crippen LogP contribution in [0.2, 0.25) is 0 Å². The van der Waals surface area contributed by atoms with E-state index in [2.05, 4.69) is 53.1 Å². The van der Waals surface area contributed by atoms with Crippen molar-refractivity contribution >= 4 is 10.9 Å². The van der Waals surface area contributed by atoms with Crippen LogP contribution in [0, 0.1) is 5.92 Å². The lowest BCUT2D eigenvalue weighted by Gasteiger charge is -2.30. The highest BCUT2D eigenvalue weighted by molar-refractivity contribution is 5.83. The van der Waals surface area contributed by atoms with Gasteiger partial charge in [-0.25, -0.2) is 0 Å². The molecule has 0 radical (unpaired) electrons. The first-order valence-electron chi connectivity index (χ1n) is 6.84. The topological polar surface area (TPSA) is 39.9 Å². The van der Waals surface area contributed by atoms with Crippen LogP contribution in [-0.4, -0.2) is 25.1 Å². The lowest BCUT2D eigenvalue weighted by Crippen LogP contribution is -2.37. The van der Waals surface area contributed by atoms with E-state index in [1.165, 1.54) is 35.9 Å². The van der Waals surface area contributed by atoms with Gasteiger partial charge < -0.3 is 15.6 Å². The van der Waals surface area contributed by atoms with Crippen molar-refractivity contribution in [1.29, 1.82) is 0 Å². The van der Waals surface area contributed by atoms with Gasteiger partial charge in [0.05, 0.1) is 0 Å². The molecule has 0 spiro atoms. The van der Waals surface area contributed by atoms with Crippen LogP contribution in [0.25, 0.3) is 10.9 Å². The summed E-state index contributed by atoms with van der Waals surface area (Å²) in [5, 5.41) is 8.37. The number of aromatic nitrogens is 1. The molecule has 2 atom stereocenters. The molecule has 2 aromatic rings. The van der Waals surface area contributed by atoms with Gasteiger partial charge in [-0.05, 0) is 50.5 Å². The molecule has 3 N–H and O–H groups in total. The Morgan fingerprint density at radius 2 is 2.22 bits per heavy atom. The molecule has 18 heavy (non-hydrogen) atoms. The van der Waals surface area contributed by atoms with Crippen molar-refractivity contribution in [1.82, 2.24) is 15.6 Å². The molecule has 0 aliphatic carbocycles. The number of benzene rings is 1. The van der Waals surface area contributed by atoms with Crippen molar-refractivity contribution in [3.8, 4) is 0 Å². The van der Waals surface area contributed by atoms with Crippen molar-refractivity contribution in [2.24, 2.45) is 5.92 Å². The molecule has 1 aliphatic heterocycles. The minimum absolute atomic E-state index is 0.439. The summed E-state index contributed by atoms with van der Waals surface area (Å²) in [6.07, 6.45) is 4.75. The van der Waals surface area contributed by atoms with Crippen LogP contribution < -0.4 is 10.6 Å². The van der Waals surface area contributed by atoms with Gasteiger partial charge in [-0.1, -0.05) is 18.2 Å². The standard InChI is InChI=1S/C15H21N3/c1-16-15(11-5-4-8-17-9-11)13-10-18-14-7-3-2-6-12(13)14/h2-3,6-7,10-11,15-18H,4-5,8-9H2,1H3.